The fraction of sp³-hybridized carbons (Fsp3) is 0.556. The van der Waals surface area contributed by atoms with E-state index in [9.17, 15) is 9.59 Å². The molecule has 1 unspecified atom stereocenters. The molecule has 0 saturated heterocycles. The normalized spacial score (nSPS) is 15.1. The zero-order valence-corrected chi connectivity index (χ0v) is 13.7. The van der Waals surface area contributed by atoms with Gasteiger partial charge in [-0.3, -0.25) is 9.59 Å². The van der Waals surface area contributed by atoms with Crippen molar-refractivity contribution in [3.05, 3.63) is 34.9 Å². The second kappa shape index (κ2) is 7.43. The molecule has 0 radical (unpaired) electrons. The van der Waals surface area contributed by atoms with E-state index in [4.69, 9.17) is 0 Å². The molecule has 0 heterocycles. The van der Waals surface area contributed by atoms with E-state index in [2.05, 4.69) is 28.8 Å². The number of amides is 2. The summed E-state index contributed by atoms with van der Waals surface area (Å²) in [5, 5.41) is 5.47. The van der Waals surface area contributed by atoms with E-state index in [1.807, 2.05) is 20.8 Å². The average Bonchev–Trinajstić information content (AvgIpc) is 2.51. The molecule has 1 atom stereocenters. The number of hydrogen-bond donors (Lipinski definition) is 2. The highest BCUT2D eigenvalue weighted by Crippen LogP contribution is 2.26. The SMILES string of the molecule is CCC(NC(=O)C(=O)NC(C)C)c1ccc2c(c1)CCCC2. The molecule has 1 aromatic carbocycles. The largest absolute Gasteiger partial charge is 0.346 e. The van der Waals surface area contributed by atoms with Gasteiger partial charge in [0.1, 0.15) is 0 Å². The van der Waals surface area contributed by atoms with Crippen LogP contribution in [0.5, 0.6) is 0 Å². The Balaban J connectivity index is 2.08. The van der Waals surface area contributed by atoms with Crippen LogP contribution in [0.2, 0.25) is 0 Å². The van der Waals surface area contributed by atoms with E-state index in [0.29, 0.717) is 0 Å². The predicted octanol–water partition coefficient (Wildman–Crippen LogP) is 2.66. The maximum absolute atomic E-state index is 12.0. The van der Waals surface area contributed by atoms with Gasteiger partial charge in [-0.1, -0.05) is 25.1 Å². The highest BCUT2D eigenvalue weighted by atomic mass is 16.2. The minimum Gasteiger partial charge on any atom is -0.346 e. The van der Waals surface area contributed by atoms with Crippen LogP contribution in [0.4, 0.5) is 0 Å². The van der Waals surface area contributed by atoms with Crippen molar-refractivity contribution in [3.8, 4) is 0 Å². The molecule has 22 heavy (non-hydrogen) atoms. The van der Waals surface area contributed by atoms with Gasteiger partial charge in [-0.05, 0) is 62.6 Å². The first-order valence-electron chi connectivity index (χ1n) is 8.24. The monoisotopic (exact) mass is 302 g/mol. The molecule has 1 aliphatic rings. The van der Waals surface area contributed by atoms with E-state index in [0.717, 1.165) is 24.8 Å². The van der Waals surface area contributed by atoms with E-state index < -0.39 is 11.8 Å². The Morgan fingerprint density at radius 2 is 1.68 bits per heavy atom. The van der Waals surface area contributed by atoms with Crippen molar-refractivity contribution in [1.29, 1.82) is 0 Å². The first kappa shape index (κ1) is 16.5. The minimum atomic E-state index is -0.564. The first-order chi connectivity index (χ1) is 10.5. The fourth-order valence-corrected chi connectivity index (χ4v) is 2.94. The molecular formula is C18H26N2O2. The summed E-state index contributed by atoms with van der Waals surface area (Å²) in [6.07, 6.45) is 5.52. The molecule has 4 heteroatoms. The molecule has 1 aliphatic carbocycles. The maximum atomic E-state index is 12.0. The van der Waals surface area contributed by atoms with Crippen LogP contribution in [-0.4, -0.2) is 17.9 Å². The van der Waals surface area contributed by atoms with E-state index >= 15 is 0 Å². The van der Waals surface area contributed by atoms with Crippen molar-refractivity contribution < 1.29 is 9.59 Å². The summed E-state index contributed by atoms with van der Waals surface area (Å²) in [5.41, 5.74) is 3.91. The molecule has 2 amide bonds. The summed E-state index contributed by atoms with van der Waals surface area (Å²) in [6.45, 7) is 5.70. The summed E-state index contributed by atoms with van der Waals surface area (Å²) in [5.74, 6) is -1.12. The van der Waals surface area contributed by atoms with E-state index in [-0.39, 0.29) is 12.1 Å². The number of nitrogens with one attached hydrogen (secondary N) is 2. The molecule has 0 spiro atoms. The van der Waals surface area contributed by atoms with Crippen molar-refractivity contribution in [2.24, 2.45) is 0 Å². The molecule has 120 valence electrons. The lowest BCUT2D eigenvalue weighted by Crippen LogP contribution is -2.43. The second-order valence-corrected chi connectivity index (χ2v) is 6.30. The zero-order valence-electron chi connectivity index (χ0n) is 13.7. The Labute approximate surface area is 132 Å². The molecule has 0 aliphatic heterocycles. The summed E-state index contributed by atoms with van der Waals surface area (Å²) in [6, 6.07) is 6.30. The van der Waals surface area contributed by atoms with Crippen molar-refractivity contribution in [3.63, 3.8) is 0 Å². The summed E-state index contributed by atoms with van der Waals surface area (Å²) < 4.78 is 0. The number of aryl methyl sites for hydroxylation is 2. The van der Waals surface area contributed by atoms with Crippen molar-refractivity contribution in [2.45, 2.75) is 65.0 Å². The molecule has 2 N–H and O–H groups in total. The third-order valence-electron chi connectivity index (χ3n) is 4.11. The van der Waals surface area contributed by atoms with E-state index in [1.165, 1.54) is 24.0 Å². The minimum absolute atomic E-state index is 0.0397. The number of carbonyl (C=O) groups excluding carboxylic acids is 2. The molecule has 0 fully saturated rings. The topological polar surface area (TPSA) is 58.2 Å². The smallest absolute Gasteiger partial charge is 0.309 e. The number of hydrogen-bond acceptors (Lipinski definition) is 2. The third-order valence-corrected chi connectivity index (χ3v) is 4.11. The Morgan fingerprint density at radius 1 is 1.05 bits per heavy atom. The van der Waals surface area contributed by atoms with Gasteiger partial charge in [0.2, 0.25) is 0 Å². The van der Waals surface area contributed by atoms with Crippen LogP contribution in [0.15, 0.2) is 18.2 Å². The lowest BCUT2D eigenvalue weighted by molar-refractivity contribution is -0.140. The number of fused-ring (bicyclic) bond motifs is 1. The zero-order chi connectivity index (χ0) is 16.1. The lowest BCUT2D eigenvalue weighted by Gasteiger charge is -2.21. The molecule has 2 rings (SSSR count). The third kappa shape index (κ3) is 4.09. The molecule has 0 aromatic heterocycles. The number of rotatable bonds is 4. The first-order valence-corrected chi connectivity index (χ1v) is 8.24. The van der Waals surface area contributed by atoms with Crippen LogP contribution in [0.25, 0.3) is 0 Å². The van der Waals surface area contributed by atoms with Crippen LogP contribution >= 0.6 is 0 Å². The molecule has 0 saturated carbocycles. The van der Waals surface area contributed by atoms with Crippen molar-refractivity contribution in [2.75, 3.05) is 0 Å². The van der Waals surface area contributed by atoms with Crippen LogP contribution in [-0.2, 0) is 22.4 Å². The molecule has 1 aromatic rings. The summed E-state index contributed by atoms with van der Waals surface area (Å²) in [4.78, 5) is 23.7. The molecule has 0 bridgehead atoms. The van der Waals surface area contributed by atoms with Crippen LogP contribution in [0, 0.1) is 0 Å². The van der Waals surface area contributed by atoms with Crippen molar-refractivity contribution >= 4 is 11.8 Å². The van der Waals surface area contributed by atoms with Gasteiger partial charge in [0.05, 0.1) is 6.04 Å². The highest BCUT2D eigenvalue weighted by Gasteiger charge is 2.20. The van der Waals surface area contributed by atoms with Crippen LogP contribution in [0.1, 0.15) is 62.8 Å². The summed E-state index contributed by atoms with van der Waals surface area (Å²) in [7, 11) is 0. The van der Waals surface area contributed by atoms with Gasteiger partial charge in [0.25, 0.3) is 0 Å². The van der Waals surface area contributed by atoms with Gasteiger partial charge in [-0.25, -0.2) is 0 Å². The molecular weight excluding hydrogens is 276 g/mol. The van der Waals surface area contributed by atoms with Crippen LogP contribution in [0.3, 0.4) is 0 Å². The Kier molecular flexibility index (Phi) is 5.58. The molecule has 4 nitrogen and oxygen atoms in total. The van der Waals surface area contributed by atoms with Gasteiger partial charge < -0.3 is 10.6 Å². The van der Waals surface area contributed by atoms with E-state index in [1.54, 1.807) is 0 Å². The Morgan fingerprint density at radius 3 is 2.32 bits per heavy atom. The standard InChI is InChI=1S/C18H26N2O2/c1-4-16(20-18(22)17(21)19-12(2)3)15-10-9-13-7-5-6-8-14(13)11-15/h9-12,16H,4-8H2,1-3H3,(H,19,21)(H,20,22). The van der Waals surface area contributed by atoms with Gasteiger partial charge >= 0.3 is 11.8 Å². The van der Waals surface area contributed by atoms with Gasteiger partial charge in [0, 0.05) is 6.04 Å². The highest BCUT2D eigenvalue weighted by molar-refractivity contribution is 6.35. The lowest BCUT2D eigenvalue weighted by atomic mass is 9.89. The van der Waals surface area contributed by atoms with Crippen LogP contribution < -0.4 is 10.6 Å². The number of benzene rings is 1. The predicted molar refractivity (Wildman–Crippen MR) is 87.5 cm³/mol. The second-order valence-electron chi connectivity index (χ2n) is 6.30. The average molecular weight is 302 g/mol. The summed E-state index contributed by atoms with van der Waals surface area (Å²) >= 11 is 0. The van der Waals surface area contributed by atoms with Gasteiger partial charge in [-0.15, -0.1) is 0 Å². The van der Waals surface area contributed by atoms with Gasteiger partial charge in [-0.2, -0.15) is 0 Å². The van der Waals surface area contributed by atoms with Gasteiger partial charge in [0.15, 0.2) is 0 Å². The quantitative estimate of drug-likeness (QED) is 0.840. The Bertz CT molecular complexity index is 552. The van der Waals surface area contributed by atoms with Crippen molar-refractivity contribution in [1.82, 2.24) is 10.6 Å². The maximum Gasteiger partial charge on any atom is 0.309 e. The Hall–Kier alpha value is -1.84. The number of carbonyl (C=O) groups is 2. The fourth-order valence-electron chi connectivity index (χ4n) is 2.94.